The fourth-order valence-electron chi connectivity index (χ4n) is 2.51. The van der Waals surface area contributed by atoms with E-state index in [1.165, 1.54) is 33.7 Å². The molecule has 31 heavy (non-hydrogen) atoms. The molecule has 0 unspecified atom stereocenters. The third-order valence-corrected chi connectivity index (χ3v) is 6.91. The van der Waals surface area contributed by atoms with Gasteiger partial charge in [0.25, 0.3) is 5.91 Å². The van der Waals surface area contributed by atoms with Gasteiger partial charge in [0.2, 0.25) is 15.8 Å². The van der Waals surface area contributed by atoms with Crippen molar-refractivity contribution < 1.29 is 13.2 Å². The Bertz CT molecular complexity index is 1470. The van der Waals surface area contributed by atoms with E-state index in [-0.39, 0.29) is 28.0 Å². The number of aromatic nitrogens is 5. The molecule has 0 aliphatic rings. The molecule has 0 atom stereocenters. The Balaban J connectivity index is 1.70. The van der Waals surface area contributed by atoms with Crippen LogP contribution < -0.4 is 10.5 Å². The van der Waals surface area contributed by atoms with Crippen molar-refractivity contribution in [2.24, 2.45) is 5.14 Å². The van der Waals surface area contributed by atoms with Crippen LogP contribution in [0.3, 0.4) is 0 Å². The minimum Gasteiger partial charge on any atom is -0.307 e. The largest absolute Gasteiger partial charge is 0.307 e. The number of primary sulfonamides is 1. The first kappa shape index (κ1) is 20.9. The molecule has 3 N–H and O–H groups in total. The van der Waals surface area contributed by atoms with Crippen molar-refractivity contribution in [3.8, 4) is 11.8 Å². The molecule has 0 bridgehead atoms. The van der Waals surface area contributed by atoms with E-state index in [1.807, 2.05) is 6.26 Å². The zero-order valence-electron chi connectivity index (χ0n) is 15.8. The van der Waals surface area contributed by atoms with Crippen molar-refractivity contribution in [3.05, 3.63) is 59.0 Å². The molecule has 4 heterocycles. The zero-order valence-corrected chi connectivity index (χ0v) is 18.3. The molecule has 4 aromatic rings. The molecule has 0 aliphatic carbocycles. The lowest BCUT2D eigenvalue weighted by Gasteiger charge is -2.06. The van der Waals surface area contributed by atoms with E-state index >= 15 is 0 Å². The summed E-state index contributed by atoms with van der Waals surface area (Å²) in [4.78, 5) is 16.2. The standard InChI is InChI=1S/C18H13N7O3S3/c1-29-17-8-12(10-30-17)18(26)22-14-7-11(13(9-20-14)31(19,27)28)4-5-16-24-23-15-3-2-6-21-25(15)16/h2-3,6-10H,1H3,(H2,19,27,28)(H,20,22,26). The maximum atomic E-state index is 12.5. The predicted octanol–water partition coefficient (Wildman–Crippen LogP) is 1.60. The van der Waals surface area contributed by atoms with Crippen molar-refractivity contribution in [3.63, 3.8) is 0 Å². The van der Waals surface area contributed by atoms with Crippen LogP contribution in [0.4, 0.5) is 5.82 Å². The van der Waals surface area contributed by atoms with Gasteiger partial charge in [0.15, 0.2) is 5.65 Å². The maximum absolute atomic E-state index is 12.5. The predicted molar refractivity (Wildman–Crippen MR) is 116 cm³/mol. The highest BCUT2D eigenvalue weighted by Gasteiger charge is 2.16. The molecular weight excluding hydrogens is 458 g/mol. The minimum absolute atomic E-state index is 0.0515. The number of nitrogens with zero attached hydrogens (tertiary/aromatic N) is 5. The summed E-state index contributed by atoms with van der Waals surface area (Å²) in [5, 5.41) is 21.6. The Labute approximate surface area is 185 Å². The highest BCUT2D eigenvalue weighted by Crippen LogP contribution is 2.25. The lowest BCUT2D eigenvalue weighted by molar-refractivity contribution is 0.102. The molecule has 0 fully saturated rings. The number of rotatable bonds is 4. The van der Waals surface area contributed by atoms with Crippen LogP contribution in [0.2, 0.25) is 0 Å². The number of sulfonamides is 1. The number of amides is 1. The molecule has 0 aromatic carbocycles. The smallest absolute Gasteiger partial charge is 0.257 e. The van der Waals surface area contributed by atoms with Gasteiger partial charge in [-0.15, -0.1) is 33.3 Å². The first-order valence-corrected chi connectivity index (χ1v) is 12.2. The molecule has 13 heteroatoms. The number of carbonyl (C=O) groups is 1. The fourth-order valence-corrected chi connectivity index (χ4v) is 4.52. The Morgan fingerprint density at radius 1 is 1.29 bits per heavy atom. The van der Waals surface area contributed by atoms with Crippen molar-refractivity contribution in [1.82, 2.24) is 24.8 Å². The van der Waals surface area contributed by atoms with Gasteiger partial charge in [-0.2, -0.15) is 9.61 Å². The first-order valence-electron chi connectivity index (χ1n) is 8.50. The van der Waals surface area contributed by atoms with Crippen molar-refractivity contribution in [2.75, 3.05) is 11.6 Å². The van der Waals surface area contributed by atoms with Gasteiger partial charge in [-0.25, -0.2) is 18.5 Å². The molecule has 1 amide bonds. The number of carbonyl (C=O) groups excluding carboxylic acids is 1. The van der Waals surface area contributed by atoms with Crippen LogP contribution >= 0.6 is 23.1 Å². The van der Waals surface area contributed by atoms with Crippen LogP contribution in [-0.2, 0) is 10.0 Å². The summed E-state index contributed by atoms with van der Waals surface area (Å²) in [7, 11) is -4.10. The lowest BCUT2D eigenvalue weighted by atomic mass is 10.2. The second-order valence-corrected chi connectivity index (χ2v) is 9.54. The molecule has 10 nitrogen and oxygen atoms in total. The van der Waals surface area contributed by atoms with Gasteiger partial charge >= 0.3 is 0 Å². The number of hydrogen-bond acceptors (Lipinski definition) is 9. The Hall–Kier alpha value is -3.31. The number of thioether (sulfide) groups is 1. The maximum Gasteiger partial charge on any atom is 0.257 e. The van der Waals surface area contributed by atoms with E-state index in [0.29, 0.717) is 11.2 Å². The van der Waals surface area contributed by atoms with Gasteiger partial charge in [-0.05, 0) is 36.4 Å². The number of hydrogen-bond donors (Lipinski definition) is 2. The zero-order chi connectivity index (χ0) is 22.0. The number of fused-ring (bicyclic) bond motifs is 1. The normalized spacial score (nSPS) is 11.2. The van der Waals surface area contributed by atoms with E-state index in [4.69, 9.17) is 5.14 Å². The van der Waals surface area contributed by atoms with Gasteiger partial charge < -0.3 is 5.32 Å². The van der Waals surface area contributed by atoms with Crippen LogP contribution in [-0.4, -0.2) is 45.4 Å². The molecule has 0 saturated carbocycles. The van der Waals surface area contributed by atoms with E-state index in [9.17, 15) is 13.2 Å². The van der Waals surface area contributed by atoms with Gasteiger partial charge in [0, 0.05) is 11.6 Å². The monoisotopic (exact) mass is 471 g/mol. The van der Waals surface area contributed by atoms with Crippen LogP contribution in [0.1, 0.15) is 21.7 Å². The topological polar surface area (TPSA) is 145 Å². The van der Waals surface area contributed by atoms with Crippen LogP contribution in [0.25, 0.3) is 5.65 Å². The summed E-state index contributed by atoms with van der Waals surface area (Å²) in [5.41, 5.74) is 1.01. The number of anilines is 1. The quantitative estimate of drug-likeness (QED) is 0.337. The summed E-state index contributed by atoms with van der Waals surface area (Å²) >= 11 is 2.98. The second-order valence-electron chi connectivity index (χ2n) is 5.99. The number of thiophene rings is 1. The summed E-state index contributed by atoms with van der Waals surface area (Å²) in [6, 6.07) is 6.50. The van der Waals surface area contributed by atoms with Crippen molar-refractivity contribution in [1.29, 1.82) is 0 Å². The van der Waals surface area contributed by atoms with E-state index < -0.39 is 10.0 Å². The first-order chi connectivity index (χ1) is 14.8. The molecule has 0 aliphatic heterocycles. The number of nitrogens with one attached hydrogen (secondary N) is 1. The highest BCUT2D eigenvalue weighted by atomic mass is 32.2. The van der Waals surface area contributed by atoms with Crippen LogP contribution in [0.15, 0.2) is 51.1 Å². The third-order valence-electron chi connectivity index (χ3n) is 3.94. The van der Waals surface area contributed by atoms with Gasteiger partial charge in [-0.3, -0.25) is 4.79 Å². The Kier molecular flexibility index (Phi) is 5.70. The fraction of sp³-hybridized carbons (Fsp3) is 0.0556. The van der Waals surface area contributed by atoms with E-state index in [2.05, 4.69) is 37.4 Å². The highest BCUT2D eigenvalue weighted by molar-refractivity contribution is 8.00. The Morgan fingerprint density at radius 2 is 2.13 bits per heavy atom. The average Bonchev–Trinajstić information content (AvgIpc) is 3.39. The summed E-state index contributed by atoms with van der Waals surface area (Å²) in [5.74, 6) is 5.41. The number of pyridine rings is 1. The molecule has 4 rings (SSSR count). The van der Waals surface area contributed by atoms with Crippen molar-refractivity contribution in [2.45, 2.75) is 9.10 Å². The van der Waals surface area contributed by atoms with Gasteiger partial charge in [0.05, 0.1) is 21.5 Å². The molecule has 0 radical (unpaired) electrons. The molecule has 0 spiro atoms. The second kappa shape index (κ2) is 8.44. The average molecular weight is 472 g/mol. The third kappa shape index (κ3) is 4.57. The molecular formula is C18H13N7O3S3. The van der Waals surface area contributed by atoms with Gasteiger partial charge in [-0.1, -0.05) is 5.92 Å². The SMILES string of the molecule is CSc1cc(C(=O)Nc2cc(C#Cc3nnc4cccnn34)c(S(N)(=O)=O)cn2)cs1. The molecule has 0 saturated heterocycles. The van der Waals surface area contributed by atoms with Crippen molar-refractivity contribution >= 4 is 50.5 Å². The lowest BCUT2D eigenvalue weighted by Crippen LogP contribution is -2.16. The van der Waals surface area contributed by atoms with Gasteiger partial charge in [0.1, 0.15) is 10.7 Å². The minimum atomic E-state index is -4.10. The summed E-state index contributed by atoms with van der Waals surface area (Å²) in [6.07, 6.45) is 4.51. The molecule has 4 aromatic heterocycles. The van der Waals surface area contributed by atoms with E-state index in [0.717, 1.165) is 10.4 Å². The summed E-state index contributed by atoms with van der Waals surface area (Å²) in [6.45, 7) is 0. The summed E-state index contributed by atoms with van der Waals surface area (Å²) < 4.78 is 26.3. The molecule has 156 valence electrons. The van der Waals surface area contributed by atoms with Crippen LogP contribution in [0.5, 0.6) is 0 Å². The Morgan fingerprint density at radius 3 is 2.87 bits per heavy atom. The van der Waals surface area contributed by atoms with Crippen LogP contribution in [0, 0.1) is 11.8 Å². The number of nitrogens with two attached hydrogens (primary N) is 1. The van der Waals surface area contributed by atoms with E-state index in [1.54, 1.807) is 29.8 Å².